The number of anilines is 1. The van der Waals surface area contributed by atoms with Crippen molar-refractivity contribution in [1.82, 2.24) is 4.72 Å². The number of carbonyl (C=O) groups is 1. The van der Waals surface area contributed by atoms with Gasteiger partial charge < -0.3 is 5.32 Å². The molecule has 4 rings (SSSR count). The van der Waals surface area contributed by atoms with Gasteiger partial charge in [0.15, 0.2) is 0 Å². The SMILES string of the molecule is O=C(/C=C/c1ccc(-c2ccccc2F)s1)Nc1cccc(S(=O)(=O)NC2=NCCCCC2)c1. The third kappa shape index (κ3) is 6.18. The highest BCUT2D eigenvalue weighted by Crippen LogP contribution is 2.30. The summed E-state index contributed by atoms with van der Waals surface area (Å²) in [4.78, 5) is 18.3. The van der Waals surface area contributed by atoms with Crippen LogP contribution in [0.1, 0.15) is 30.6 Å². The summed E-state index contributed by atoms with van der Waals surface area (Å²) in [5, 5.41) is 2.68. The number of thiophene rings is 1. The van der Waals surface area contributed by atoms with E-state index < -0.39 is 15.9 Å². The Labute approximate surface area is 202 Å². The molecule has 0 spiro atoms. The van der Waals surface area contributed by atoms with Gasteiger partial charge in [0, 0.05) is 40.0 Å². The fourth-order valence-electron chi connectivity index (χ4n) is 3.50. The molecular formula is C25H24FN3O3S2. The van der Waals surface area contributed by atoms with E-state index in [9.17, 15) is 17.6 Å². The summed E-state index contributed by atoms with van der Waals surface area (Å²) in [6.07, 6.45) is 6.47. The number of rotatable bonds is 6. The Kier molecular flexibility index (Phi) is 7.54. The minimum Gasteiger partial charge on any atom is -0.322 e. The zero-order valence-corrected chi connectivity index (χ0v) is 20.0. The molecule has 1 aliphatic rings. The van der Waals surface area contributed by atoms with Crippen molar-refractivity contribution in [1.29, 1.82) is 0 Å². The Morgan fingerprint density at radius 2 is 1.88 bits per heavy atom. The first-order valence-electron chi connectivity index (χ1n) is 10.9. The highest BCUT2D eigenvalue weighted by atomic mass is 32.2. The van der Waals surface area contributed by atoms with Crippen LogP contribution in [0.4, 0.5) is 10.1 Å². The number of hydrogen-bond donors (Lipinski definition) is 2. The lowest BCUT2D eigenvalue weighted by Gasteiger charge is -2.11. The Morgan fingerprint density at radius 3 is 2.74 bits per heavy atom. The van der Waals surface area contributed by atoms with Crippen LogP contribution in [0.5, 0.6) is 0 Å². The molecule has 2 aromatic carbocycles. The minimum atomic E-state index is -3.80. The van der Waals surface area contributed by atoms with Crippen molar-refractivity contribution in [2.24, 2.45) is 4.99 Å². The minimum absolute atomic E-state index is 0.0500. The molecule has 34 heavy (non-hydrogen) atoms. The normalized spacial score (nSPS) is 14.4. The smallest absolute Gasteiger partial charge is 0.262 e. The molecule has 0 saturated carbocycles. The molecule has 3 aromatic rings. The first-order chi connectivity index (χ1) is 16.4. The predicted molar refractivity (Wildman–Crippen MR) is 135 cm³/mol. The number of benzene rings is 2. The second-order valence-electron chi connectivity index (χ2n) is 7.78. The fourth-order valence-corrected chi connectivity index (χ4v) is 5.57. The van der Waals surface area contributed by atoms with Crippen LogP contribution in [0.2, 0.25) is 0 Å². The number of nitrogens with zero attached hydrogens (tertiary/aromatic N) is 1. The van der Waals surface area contributed by atoms with Gasteiger partial charge in [-0.1, -0.05) is 30.7 Å². The molecule has 0 saturated heterocycles. The monoisotopic (exact) mass is 497 g/mol. The van der Waals surface area contributed by atoms with Gasteiger partial charge in [-0.3, -0.25) is 14.5 Å². The van der Waals surface area contributed by atoms with Crippen molar-refractivity contribution >= 4 is 44.9 Å². The topological polar surface area (TPSA) is 87.6 Å². The Morgan fingerprint density at radius 1 is 1.03 bits per heavy atom. The second-order valence-corrected chi connectivity index (χ2v) is 10.6. The summed E-state index contributed by atoms with van der Waals surface area (Å²) in [5.41, 5.74) is 0.872. The maximum absolute atomic E-state index is 14.0. The van der Waals surface area contributed by atoms with Gasteiger partial charge in [0.05, 0.1) is 4.90 Å². The van der Waals surface area contributed by atoms with Crippen LogP contribution in [0.15, 0.2) is 76.6 Å². The summed E-state index contributed by atoms with van der Waals surface area (Å²) in [6, 6.07) is 16.2. The van der Waals surface area contributed by atoms with Crippen LogP contribution in [0.3, 0.4) is 0 Å². The average molecular weight is 498 g/mol. The molecule has 6 nitrogen and oxygen atoms in total. The van der Waals surface area contributed by atoms with Crippen molar-refractivity contribution in [3.05, 3.63) is 77.4 Å². The van der Waals surface area contributed by atoms with Gasteiger partial charge in [0.2, 0.25) is 5.91 Å². The van der Waals surface area contributed by atoms with E-state index in [0.717, 1.165) is 29.0 Å². The third-order valence-electron chi connectivity index (χ3n) is 5.20. The lowest BCUT2D eigenvalue weighted by atomic mass is 10.2. The molecule has 0 atom stereocenters. The summed E-state index contributed by atoms with van der Waals surface area (Å²) in [5.74, 6) is -0.231. The van der Waals surface area contributed by atoms with Gasteiger partial charge in [0.1, 0.15) is 11.7 Å². The molecule has 1 aliphatic heterocycles. The number of amidine groups is 1. The average Bonchev–Trinajstić information content (AvgIpc) is 3.14. The quantitative estimate of drug-likeness (QED) is 0.444. The number of nitrogens with one attached hydrogen (secondary N) is 2. The number of hydrogen-bond acceptors (Lipinski definition) is 5. The zero-order chi connectivity index (χ0) is 24.0. The summed E-state index contributed by atoms with van der Waals surface area (Å²) < 4.78 is 42.1. The van der Waals surface area contributed by atoms with E-state index in [0.29, 0.717) is 30.1 Å². The van der Waals surface area contributed by atoms with E-state index in [1.807, 2.05) is 6.07 Å². The molecule has 9 heteroatoms. The van der Waals surface area contributed by atoms with Crippen molar-refractivity contribution in [3.63, 3.8) is 0 Å². The van der Waals surface area contributed by atoms with Crippen molar-refractivity contribution < 1.29 is 17.6 Å². The van der Waals surface area contributed by atoms with Crippen LogP contribution >= 0.6 is 11.3 Å². The van der Waals surface area contributed by atoms with Crippen molar-refractivity contribution in [2.45, 2.75) is 30.6 Å². The van der Waals surface area contributed by atoms with E-state index in [-0.39, 0.29) is 10.7 Å². The number of halogens is 1. The zero-order valence-electron chi connectivity index (χ0n) is 18.3. The summed E-state index contributed by atoms with van der Waals surface area (Å²) >= 11 is 1.37. The number of carbonyl (C=O) groups excluding carboxylic acids is 1. The molecule has 0 bridgehead atoms. The number of sulfonamides is 1. The van der Waals surface area contributed by atoms with Gasteiger partial charge in [-0.05, 0) is 55.3 Å². The largest absolute Gasteiger partial charge is 0.322 e. The number of amides is 1. The van der Waals surface area contributed by atoms with Crippen LogP contribution in [-0.2, 0) is 14.8 Å². The molecule has 1 amide bonds. The van der Waals surface area contributed by atoms with Crippen LogP contribution in [-0.4, -0.2) is 26.7 Å². The standard InChI is InChI=1S/C25H24FN3O3S2/c26-22-10-4-3-9-21(22)23-14-12-19(33-23)13-15-25(30)28-18-7-6-8-20(17-18)34(31,32)29-24-11-2-1-5-16-27-24/h3-4,6-10,12-15,17H,1-2,5,11,16H2,(H,27,29)(H,28,30)/b15-13+. The van der Waals surface area contributed by atoms with Crippen LogP contribution in [0.25, 0.3) is 16.5 Å². The maximum atomic E-state index is 14.0. The fraction of sp³-hybridized carbons (Fsp3) is 0.200. The maximum Gasteiger partial charge on any atom is 0.262 e. The first kappa shape index (κ1) is 23.8. The predicted octanol–water partition coefficient (Wildman–Crippen LogP) is 5.46. The third-order valence-corrected chi connectivity index (χ3v) is 7.67. The van der Waals surface area contributed by atoms with Crippen molar-refractivity contribution in [2.75, 3.05) is 11.9 Å². The lowest BCUT2D eigenvalue weighted by Crippen LogP contribution is -2.30. The number of aliphatic imine (C=N–C) groups is 1. The van der Waals surface area contributed by atoms with Gasteiger partial charge in [-0.15, -0.1) is 11.3 Å². The summed E-state index contributed by atoms with van der Waals surface area (Å²) in [6.45, 7) is 0.617. The highest BCUT2D eigenvalue weighted by molar-refractivity contribution is 7.90. The van der Waals surface area contributed by atoms with Gasteiger partial charge in [-0.25, -0.2) is 12.8 Å². The van der Waals surface area contributed by atoms with E-state index in [4.69, 9.17) is 0 Å². The van der Waals surface area contributed by atoms with Crippen LogP contribution < -0.4 is 10.0 Å². The molecular weight excluding hydrogens is 473 g/mol. The van der Waals surface area contributed by atoms with E-state index in [1.54, 1.807) is 42.5 Å². The molecule has 176 valence electrons. The molecule has 2 heterocycles. The molecule has 2 N–H and O–H groups in total. The first-order valence-corrected chi connectivity index (χ1v) is 13.2. The molecule has 0 fully saturated rings. The molecule has 1 aromatic heterocycles. The highest BCUT2D eigenvalue weighted by Gasteiger charge is 2.18. The van der Waals surface area contributed by atoms with E-state index >= 15 is 0 Å². The van der Waals surface area contributed by atoms with Gasteiger partial charge in [-0.2, -0.15) is 0 Å². The molecule has 0 aliphatic carbocycles. The van der Waals surface area contributed by atoms with E-state index in [1.165, 1.54) is 35.6 Å². The van der Waals surface area contributed by atoms with Gasteiger partial charge in [0.25, 0.3) is 10.0 Å². The van der Waals surface area contributed by atoms with Gasteiger partial charge >= 0.3 is 0 Å². The Bertz CT molecular complexity index is 1350. The van der Waals surface area contributed by atoms with E-state index in [2.05, 4.69) is 15.0 Å². The van der Waals surface area contributed by atoms with Crippen molar-refractivity contribution in [3.8, 4) is 10.4 Å². The summed E-state index contributed by atoms with van der Waals surface area (Å²) in [7, 11) is -3.80. The molecule has 0 radical (unpaired) electrons. The lowest BCUT2D eigenvalue weighted by molar-refractivity contribution is -0.111. The van der Waals surface area contributed by atoms with Crippen LogP contribution in [0, 0.1) is 5.82 Å². The second kappa shape index (κ2) is 10.8. The Balaban J connectivity index is 1.41. The molecule has 0 unspecified atom stereocenters. The Hall–Kier alpha value is -3.30.